The van der Waals surface area contributed by atoms with E-state index < -0.39 is 0 Å². The predicted molar refractivity (Wildman–Crippen MR) is 107 cm³/mol. The summed E-state index contributed by atoms with van der Waals surface area (Å²) in [5.41, 5.74) is 3.48. The second-order valence-electron chi connectivity index (χ2n) is 6.17. The summed E-state index contributed by atoms with van der Waals surface area (Å²) in [6.07, 6.45) is 0. The molecule has 7 heteroatoms. The molecule has 0 saturated carbocycles. The molecule has 0 aliphatic rings. The van der Waals surface area contributed by atoms with Crippen LogP contribution in [0.4, 0.5) is 5.82 Å². The highest BCUT2D eigenvalue weighted by Crippen LogP contribution is 2.36. The Morgan fingerprint density at radius 3 is 2.54 bits per heavy atom. The number of rotatable bonds is 8. The number of hydrogen-bond acceptors (Lipinski definition) is 5. The number of nitrogens with zero attached hydrogens (tertiary/aromatic N) is 1. The Labute approximate surface area is 163 Å². The third-order valence-electron chi connectivity index (χ3n) is 4.22. The van der Waals surface area contributed by atoms with Gasteiger partial charge in [-0.15, -0.1) is 0 Å². The van der Waals surface area contributed by atoms with Crippen LogP contribution in [0.2, 0.25) is 0 Å². The minimum absolute atomic E-state index is 0.0633. The van der Waals surface area contributed by atoms with Crippen molar-refractivity contribution in [2.75, 3.05) is 26.1 Å². The molecule has 0 atom stereocenters. The first-order chi connectivity index (χ1) is 13.6. The molecule has 0 unspecified atom stereocenters. The van der Waals surface area contributed by atoms with Crippen molar-refractivity contribution >= 4 is 11.7 Å². The topological polar surface area (TPSA) is 85.5 Å². The molecule has 3 rings (SSSR count). The van der Waals surface area contributed by atoms with Crippen molar-refractivity contribution in [3.63, 3.8) is 0 Å². The summed E-state index contributed by atoms with van der Waals surface area (Å²) in [5, 5.41) is 9.93. The number of anilines is 1. The van der Waals surface area contributed by atoms with Crippen LogP contribution in [0, 0.1) is 6.92 Å². The number of nitrogens with one attached hydrogen (secondary N) is 2. The smallest absolute Gasteiger partial charge is 0.251 e. The average Bonchev–Trinajstić information content (AvgIpc) is 3.08. The van der Waals surface area contributed by atoms with E-state index in [-0.39, 0.29) is 12.5 Å². The highest BCUT2D eigenvalue weighted by Gasteiger charge is 2.17. The molecule has 0 aliphatic carbocycles. The monoisotopic (exact) mass is 381 g/mol. The molecule has 2 aromatic carbocycles. The van der Waals surface area contributed by atoms with Gasteiger partial charge in [0.05, 0.1) is 20.8 Å². The van der Waals surface area contributed by atoms with Gasteiger partial charge in [-0.3, -0.25) is 9.89 Å². The Morgan fingerprint density at radius 2 is 1.82 bits per heavy atom. The van der Waals surface area contributed by atoms with Crippen molar-refractivity contribution in [2.24, 2.45) is 0 Å². The lowest BCUT2D eigenvalue weighted by molar-refractivity contribution is -0.121. The highest BCUT2D eigenvalue weighted by molar-refractivity contribution is 5.95. The Bertz CT molecular complexity index is 938. The standard InChI is InChI=1S/C21H23N3O4/c1-14-20(16-9-10-17(26-2)18(11-16)27-3)21(24-23-14)22-19(25)13-28-12-15-7-5-4-6-8-15/h4-11H,12-13H2,1-3H3,(H2,22,23,24,25). The minimum atomic E-state index is -0.274. The van der Waals surface area contributed by atoms with E-state index in [0.29, 0.717) is 23.9 Å². The second kappa shape index (κ2) is 9.05. The van der Waals surface area contributed by atoms with Crippen LogP contribution in [0.25, 0.3) is 11.1 Å². The molecule has 28 heavy (non-hydrogen) atoms. The van der Waals surface area contributed by atoms with E-state index in [2.05, 4.69) is 15.5 Å². The fourth-order valence-electron chi connectivity index (χ4n) is 2.87. The third-order valence-corrected chi connectivity index (χ3v) is 4.22. The molecule has 0 bridgehead atoms. The molecule has 0 spiro atoms. The lowest BCUT2D eigenvalue weighted by atomic mass is 10.0. The Balaban J connectivity index is 1.70. The number of H-pyrrole nitrogens is 1. The Hall–Kier alpha value is -3.32. The first-order valence-corrected chi connectivity index (χ1v) is 8.81. The quantitative estimate of drug-likeness (QED) is 0.623. The molecule has 1 aromatic heterocycles. The molecule has 0 aliphatic heterocycles. The van der Waals surface area contributed by atoms with Crippen LogP contribution >= 0.6 is 0 Å². The van der Waals surface area contributed by atoms with E-state index in [1.54, 1.807) is 14.2 Å². The van der Waals surface area contributed by atoms with E-state index in [1.807, 2.05) is 55.5 Å². The zero-order valence-electron chi connectivity index (χ0n) is 16.1. The third kappa shape index (κ3) is 4.50. The van der Waals surface area contributed by atoms with E-state index in [4.69, 9.17) is 14.2 Å². The van der Waals surface area contributed by atoms with Crippen molar-refractivity contribution in [3.8, 4) is 22.6 Å². The average molecular weight is 381 g/mol. The Morgan fingerprint density at radius 1 is 1.07 bits per heavy atom. The molecular formula is C21H23N3O4. The van der Waals surface area contributed by atoms with Gasteiger partial charge in [-0.1, -0.05) is 36.4 Å². The number of ether oxygens (including phenoxy) is 3. The number of hydrogen-bond donors (Lipinski definition) is 2. The van der Waals surface area contributed by atoms with Gasteiger partial charge in [-0.25, -0.2) is 0 Å². The van der Waals surface area contributed by atoms with Gasteiger partial charge < -0.3 is 19.5 Å². The van der Waals surface area contributed by atoms with Crippen LogP contribution in [0.1, 0.15) is 11.3 Å². The number of amides is 1. The van der Waals surface area contributed by atoms with Crippen LogP contribution < -0.4 is 14.8 Å². The first kappa shape index (κ1) is 19.4. The van der Waals surface area contributed by atoms with Gasteiger partial charge in [0.15, 0.2) is 17.3 Å². The van der Waals surface area contributed by atoms with E-state index >= 15 is 0 Å². The first-order valence-electron chi connectivity index (χ1n) is 8.81. The van der Waals surface area contributed by atoms with Crippen molar-refractivity contribution < 1.29 is 19.0 Å². The normalized spacial score (nSPS) is 10.5. The van der Waals surface area contributed by atoms with Crippen molar-refractivity contribution in [3.05, 3.63) is 59.8 Å². The largest absolute Gasteiger partial charge is 0.493 e. The molecule has 3 aromatic rings. The maximum atomic E-state index is 12.3. The molecule has 7 nitrogen and oxygen atoms in total. The summed E-state index contributed by atoms with van der Waals surface area (Å²) in [7, 11) is 3.17. The fourth-order valence-corrected chi connectivity index (χ4v) is 2.87. The Kier molecular flexibility index (Phi) is 6.29. The number of benzene rings is 2. The maximum absolute atomic E-state index is 12.3. The molecule has 0 radical (unpaired) electrons. The summed E-state index contributed by atoms with van der Waals surface area (Å²) in [5.74, 6) is 1.40. The van der Waals surface area contributed by atoms with E-state index in [9.17, 15) is 4.79 Å². The van der Waals surface area contributed by atoms with Crippen LogP contribution in [-0.2, 0) is 16.1 Å². The summed E-state index contributed by atoms with van der Waals surface area (Å²) < 4.78 is 16.1. The highest BCUT2D eigenvalue weighted by atomic mass is 16.5. The van der Waals surface area contributed by atoms with E-state index in [1.165, 1.54) is 0 Å². The lowest BCUT2D eigenvalue weighted by Crippen LogP contribution is -2.19. The summed E-state index contributed by atoms with van der Waals surface area (Å²) in [6.45, 7) is 2.20. The molecule has 146 valence electrons. The molecule has 0 fully saturated rings. The van der Waals surface area contributed by atoms with Crippen LogP contribution in [0.5, 0.6) is 11.5 Å². The number of carbonyl (C=O) groups is 1. The number of aromatic amines is 1. The molecule has 0 saturated heterocycles. The van der Waals surface area contributed by atoms with Gasteiger partial charge in [-0.2, -0.15) is 5.10 Å². The van der Waals surface area contributed by atoms with Crippen molar-refractivity contribution in [2.45, 2.75) is 13.5 Å². The molecular weight excluding hydrogens is 358 g/mol. The number of aromatic nitrogens is 2. The SMILES string of the molecule is COc1ccc(-c2c(NC(=O)COCc3ccccc3)n[nH]c2C)cc1OC. The van der Waals surface area contributed by atoms with Crippen LogP contribution in [-0.4, -0.2) is 36.9 Å². The lowest BCUT2D eigenvalue weighted by Gasteiger charge is -2.11. The number of methoxy groups -OCH3 is 2. The minimum Gasteiger partial charge on any atom is -0.493 e. The summed E-state index contributed by atoms with van der Waals surface area (Å²) in [4.78, 5) is 12.3. The summed E-state index contributed by atoms with van der Waals surface area (Å²) >= 11 is 0. The van der Waals surface area contributed by atoms with Gasteiger partial charge in [-0.05, 0) is 30.2 Å². The van der Waals surface area contributed by atoms with Crippen molar-refractivity contribution in [1.82, 2.24) is 10.2 Å². The number of carbonyl (C=O) groups excluding carboxylic acids is 1. The van der Waals surface area contributed by atoms with Gasteiger partial charge in [0.25, 0.3) is 5.91 Å². The van der Waals surface area contributed by atoms with Crippen LogP contribution in [0.3, 0.4) is 0 Å². The van der Waals surface area contributed by atoms with Gasteiger partial charge in [0.1, 0.15) is 6.61 Å². The van der Waals surface area contributed by atoms with Gasteiger partial charge in [0.2, 0.25) is 0 Å². The predicted octanol–water partition coefficient (Wildman–Crippen LogP) is 3.56. The molecule has 2 N–H and O–H groups in total. The van der Waals surface area contributed by atoms with Gasteiger partial charge in [0, 0.05) is 11.3 Å². The summed E-state index contributed by atoms with van der Waals surface area (Å²) in [6, 6.07) is 15.2. The van der Waals surface area contributed by atoms with E-state index in [0.717, 1.165) is 22.4 Å². The van der Waals surface area contributed by atoms with Gasteiger partial charge >= 0.3 is 0 Å². The maximum Gasteiger partial charge on any atom is 0.251 e. The number of aryl methyl sites for hydroxylation is 1. The molecule has 1 heterocycles. The van der Waals surface area contributed by atoms with Crippen molar-refractivity contribution in [1.29, 1.82) is 0 Å². The zero-order valence-corrected chi connectivity index (χ0v) is 16.1. The fraction of sp³-hybridized carbons (Fsp3) is 0.238. The van der Waals surface area contributed by atoms with Crippen LogP contribution in [0.15, 0.2) is 48.5 Å². The second-order valence-corrected chi connectivity index (χ2v) is 6.17. The zero-order chi connectivity index (χ0) is 19.9. The molecule has 1 amide bonds.